The summed E-state index contributed by atoms with van der Waals surface area (Å²) in [4.78, 5) is 18.3. The lowest BCUT2D eigenvalue weighted by Crippen LogP contribution is -2.45. The van der Waals surface area contributed by atoms with Gasteiger partial charge in [-0.2, -0.15) is 0 Å². The molecule has 1 rings (SSSR count). The molecule has 0 aromatic carbocycles. The van der Waals surface area contributed by atoms with Crippen LogP contribution >= 0.6 is 0 Å². The van der Waals surface area contributed by atoms with Gasteiger partial charge in [-0.3, -0.25) is 0 Å². The van der Waals surface area contributed by atoms with E-state index in [-0.39, 0.29) is 12.0 Å². The maximum atomic E-state index is 11.9. The molecule has 1 aliphatic rings. The minimum Gasteiger partial charge on any atom is -0.444 e. The fourth-order valence-corrected chi connectivity index (χ4v) is 2.13. The number of hydrogen-bond donors (Lipinski definition) is 2. The zero-order chi connectivity index (χ0) is 14.5. The van der Waals surface area contributed by atoms with Crippen LogP contribution < -0.4 is 5.48 Å². The summed E-state index contributed by atoms with van der Waals surface area (Å²) in [5, 5.41) is 9.94. The molecule has 1 amide bonds. The summed E-state index contributed by atoms with van der Waals surface area (Å²) in [6.07, 6.45) is 0.855. The van der Waals surface area contributed by atoms with Crippen LogP contribution in [0.5, 0.6) is 0 Å². The van der Waals surface area contributed by atoms with Crippen molar-refractivity contribution in [1.29, 1.82) is 0 Å². The molecule has 1 atom stereocenters. The summed E-state index contributed by atoms with van der Waals surface area (Å²) < 4.78 is 5.33. The first-order chi connectivity index (χ1) is 8.83. The van der Waals surface area contributed by atoms with Crippen LogP contribution in [0.25, 0.3) is 0 Å². The number of likely N-dealkylation sites (tertiary alicyclic amines) is 1. The second-order valence-electron chi connectivity index (χ2n) is 5.92. The molecular formula is C13H26N2O4. The quantitative estimate of drug-likeness (QED) is 0.752. The van der Waals surface area contributed by atoms with Crippen LogP contribution in [-0.2, 0) is 9.57 Å². The predicted octanol–water partition coefficient (Wildman–Crippen LogP) is 1.15. The Morgan fingerprint density at radius 1 is 1.42 bits per heavy atom. The van der Waals surface area contributed by atoms with E-state index in [4.69, 9.17) is 9.57 Å². The van der Waals surface area contributed by atoms with Crippen LogP contribution in [0.2, 0.25) is 0 Å². The molecule has 1 unspecified atom stereocenters. The minimum atomic E-state index is -0.462. The summed E-state index contributed by atoms with van der Waals surface area (Å²) in [5.74, 6) is 0.196. The highest BCUT2D eigenvalue weighted by Gasteiger charge is 2.29. The molecule has 0 saturated carbocycles. The zero-order valence-corrected chi connectivity index (χ0v) is 12.3. The van der Waals surface area contributed by atoms with Gasteiger partial charge < -0.3 is 19.6 Å². The smallest absolute Gasteiger partial charge is 0.410 e. The van der Waals surface area contributed by atoms with Crippen molar-refractivity contribution in [2.45, 2.75) is 45.3 Å². The fourth-order valence-electron chi connectivity index (χ4n) is 2.13. The first-order valence-electron chi connectivity index (χ1n) is 6.75. The molecule has 112 valence electrons. The Morgan fingerprint density at radius 3 is 2.47 bits per heavy atom. The SMILES string of the molecule is CONCC(O)C1CCN(C(=O)OC(C)(C)C)CC1. The number of piperidine rings is 1. The average Bonchev–Trinajstić information content (AvgIpc) is 2.34. The van der Waals surface area contributed by atoms with Gasteiger partial charge in [-0.05, 0) is 39.5 Å². The molecule has 0 aliphatic carbocycles. The van der Waals surface area contributed by atoms with Gasteiger partial charge in [0.25, 0.3) is 0 Å². The largest absolute Gasteiger partial charge is 0.444 e. The number of ether oxygens (including phenoxy) is 1. The Labute approximate surface area is 115 Å². The summed E-state index contributed by atoms with van der Waals surface area (Å²) in [5.41, 5.74) is 2.19. The molecule has 2 N–H and O–H groups in total. The molecule has 6 nitrogen and oxygen atoms in total. The Hall–Kier alpha value is -0.850. The van der Waals surface area contributed by atoms with Crippen LogP contribution in [0.3, 0.4) is 0 Å². The lowest BCUT2D eigenvalue weighted by molar-refractivity contribution is -0.00433. The van der Waals surface area contributed by atoms with Crippen LogP contribution in [-0.4, -0.2) is 54.5 Å². The second kappa shape index (κ2) is 7.07. The van der Waals surface area contributed by atoms with Crippen LogP contribution in [0.4, 0.5) is 4.79 Å². The van der Waals surface area contributed by atoms with E-state index in [1.165, 1.54) is 7.11 Å². The van der Waals surface area contributed by atoms with E-state index >= 15 is 0 Å². The van der Waals surface area contributed by atoms with Gasteiger partial charge in [0.2, 0.25) is 0 Å². The van der Waals surface area contributed by atoms with Gasteiger partial charge in [-0.1, -0.05) is 0 Å². The summed E-state index contributed by atoms with van der Waals surface area (Å²) >= 11 is 0. The van der Waals surface area contributed by atoms with E-state index in [1.54, 1.807) is 4.90 Å². The van der Waals surface area contributed by atoms with Gasteiger partial charge in [0.15, 0.2) is 0 Å². The van der Waals surface area contributed by atoms with E-state index in [1.807, 2.05) is 20.8 Å². The van der Waals surface area contributed by atoms with Gasteiger partial charge in [0, 0.05) is 19.6 Å². The summed E-state index contributed by atoms with van der Waals surface area (Å²) in [6, 6.07) is 0. The first kappa shape index (κ1) is 16.2. The maximum absolute atomic E-state index is 11.9. The van der Waals surface area contributed by atoms with Gasteiger partial charge >= 0.3 is 6.09 Å². The molecule has 0 spiro atoms. The third kappa shape index (κ3) is 5.76. The third-order valence-corrected chi connectivity index (χ3v) is 3.17. The number of nitrogens with zero attached hydrogens (tertiary/aromatic N) is 1. The predicted molar refractivity (Wildman–Crippen MR) is 71.5 cm³/mol. The number of nitrogens with one attached hydrogen (secondary N) is 1. The maximum Gasteiger partial charge on any atom is 0.410 e. The normalized spacial score (nSPS) is 19.3. The van der Waals surface area contributed by atoms with Crippen molar-refractivity contribution in [1.82, 2.24) is 10.4 Å². The summed E-state index contributed by atoms with van der Waals surface area (Å²) in [6.45, 7) is 7.24. The van der Waals surface area contributed by atoms with Crippen molar-refractivity contribution in [3.8, 4) is 0 Å². The van der Waals surface area contributed by atoms with E-state index in [9.17, 15) is 9.90 Å². The Kier molecular flexibility index (Phi) is 6.03. The molecule has 1 heterocycles. The topological polar surface area (TPSA) is 71.0 Å². The molecule has 0 aromatic heterocycles. The Morgan fingerprint density at radius 2 is 2.00 bits per heavy atom. The molecule has 0 bridgehead atoms. The number of hydroxylamine groups is 1. The summed E-state index contributed by atoms with van der Waals surface area (Å²) in [7, 11) is 1.53. The highest BCUT2D eigenvalue weighted by atomic mass is 16.6. The fraction of sp³-hybridized carbons (Fsp3) is 0.923. The molecule has 19 heavy (non-hydrogen) atoms. The van der Waals surface area contributed by atoms with Crippen LogP contribution in [0.1, 0.15) is 33.6 Å². The molecule has 0 aromatic rings. The van der Waals surface area contributed by atoms with Gasteiger partial charge in [-0.25, -0.2) is 10.3 Å². The van der Waals surface area contributed by atoms with Crippen molar-refractivity contribution in [3.05, 3.63) is 0 Å². The van der Waals surface area contributed by atoms with E-state index in [0.29, 0.717) is 19.6 Å². The van der Waals surface area contributed by atoms with E-state index in [2.05, 4.69) is 5.48 Å². The Balaban J connectivity index is 2.34. The lowest BCUT2D eigenvalue weighted by atomic mass is 9.91. The number of aliphatic hydroxyl groups excluding tert-OH is 1. The molecule has 1 fully saturated rings. The molecule has 6 heteroatoms. The van der Waals surface area contributed by atoms with Crippen LogP contribution in [0.15, 0.2) is 0 Å². The second-order valence-corrected chi connectivity index (χ2v) is 5.92. The van der Waals surface area contributed by atoms with Crippen LogP contribution in [0, 0.1) is 5.92 Å². The molecular weight excluding hydrogens is 248 g/mol. The van der Waals surface area contributed by atoms with Gasteiger partial charge in [-0.15, -0.1) is 0 Å². The number of aliphatic hydroxyl groups is 1. The van der Waals surface area contributed by atoms with Crippen molar-refractivity contribution < 1.29 is 19.5 Å². The van der Waals surface area contributed by atoms with Crippen molar-refractivity contribution in [2.24, 2.45) is 5.92 Å². The third-order valence-electron chi connectivity index (χ3n) is 3.17. The highest BCUT2D eigenvalue weighted by molar-refractivity contribution is 5.68. The number of rotatable bonds is 4. The van der Waals surface area contributed by atoms with Crippen molar-refractivity contribution in [3.63, 3.8) is 0 Å². The monoisotopic (exact) mass is 274 g/mol. The molecule has 1 saturated heterocycles. The van der Waals surface area contributed by atoms with E-state index < -0.39 is 11.7 Å². The molecule has 0 radical (unpaired) electrons. The van der Waals surface area contributed by atoms with Gasteiger partial charge in [0.1, 0.15) is 5.60 Å². The van der Waals surface area contributed by atoms with Gasteiger partial charge in [0.05, 0.1) is 13.2 Å². The number of carbonyl (C=O) groups excluding carboxylic acids is 1. The first-order valence-corrected chi connectivity index (χ1v) is 6.75. The lowest BCUT2D eigenvalue weighted by Gasteiger charge is -2.35. The van der Waals surface area contributed by atoms with E-state index in [0.717, 1.165) is 12.8 Å². The number of amides is 1. The average molecular weight is 274 g/mol. The van der Waals surface area contributed by atoms with Crippen molar-refractivity contribution >= 4 is 6.09 Å². The highest BCUT2D eigenvalue weighted by Crippen LogP contribution is 2.22. The standard InChI is InChI=1S/C13H26N2O4/c1-13(2,3)19-12(17)15-7-5-10(6-8-15)11(16)9-14-18-4/h10-11,14,16H,5-9H2,1-4H3. The minimum absolute atomic E-state index is 0.196. The number of carbonyl (C=O) groups is 1. The zero-order valence-electron chi connectivity index (χ0n) is 12.3. The van der Waals surface area contributed by atoms with Crippen molar-refractivity contribution in [2.75, 3.05) is 26.7 Å². The Bertz CT molecular complexity index is 283. The molecule has 1 aliphatic heterocycles. The number of hydrogen-bond acceptors (Lipinski definition) is 5.